The van der Waals surface area contributed by atoms with Gasteiger partial charge in [0, 0.05) is 38.6 Å². The van der Waals surface area contributed by atoms with Gasteiger partial charge in [-0.1, -0.05) is 43.2 Å². The number of nitrogens with one attached hydrogen (secondary N) is 1. The SMILES string of the molecule is COC(=O)[C@H](C)Oc1nc(C)c(C(=O)N2CC3CN(CC[C@H](NC(=O)C4CCCC4)c4ccccc4)CC3C2)c(C)n1. The normalized spacial score (nSPS) is 22.0. The Morgan fingerprint density at radius 2 is 1.60 bits per heavy atom. The Morgan fingerprint density at radius 3 is 2.19 bits per heavy atom. The maximum Gasteiger partial charge on any atom is 0.346 e. The van der Waals surface area contributed by atoms with Crippen LogP contribution in [-0.2, 0) is 14.3 Å². The molecule has 1 saturated carbocycles. The number of amides is 2. The van der Waals surface area contributed by atoms with Crippen LogP contribution in [0.5, 0.6) is 6.01 Å². The summed E-state index contributed by atoms with van der Waals surface area (Å²) in [6.07, 6.45) is 4.30. The van der Waals surface area contributed by atoms with Crippen molar-refractivity contribution in [1.29, 1.82) is 0 Å². The first-order chi connectivity index (χ1) is 20.2. The lowest BCUT2D eigenvalue weighted by atomic mass is 10.0. The smallest absolute Gasteiger partial charge is 0.346 e. The second-order valence-electron chi connectivity index (χ2n) is 12.1. The van der Waals surface area contributed by atoms with Gasteiger partial charge in [0.2, 0.25) is 5.91 Å². The van der Waals surface area contributed by atoms with Crippen LogP contribution in [0, 0.1) is 31.6 Å². The molecule has 5 rings (SSSR count). The number of carbonyl (C=O) groups excluding carboxylic acids is 3. The van der Waals surface area contributed by atoms with Crippen LogP contribution in [0.3, 0.4) is 0 Å². The van der Waals surface area contributed by atoms with Crippen LogP contribution in [0.4, 0.5) is 0 Å². The lowest BCUT2D eigenvalue weighted by Gasteiger charge is -2.26. The second-order valence-corrected chi connectivity index (χ2v) is 12.1. The van der Waals surface area contributed by atoms with Crippen molar-refractivity contribution in [2.24, 2.45) is 17.8 Å². The van der Waals surface area contributed by atoms with E-state index < -0.39 is 12.1 Å². The number of carbonyl (C=O) groups is 3. The highest BCUT2D eigenvalue weighted by molar-refractivity contribution is 5.96. The molecule has 0 radical (unpaired) electrons. The highest BCUT2D eigenvalue weighted by Gasteiger charge is 2.42. The molecule has 42 heavy (non-hydrogen) atoms. The minimum atomic E-state index is -0.845. The van der Waals surface area contributed by atoms with Gasteiger partial charge in [0.25, 0.3) is 5.91 Å². The Labute approximate surface area is 248 Å². The van der Waals surface area contributed by atoms with E-state index in [0.29, 0.717) is 41.9 Å². The lowest BCUT2D eigenvalue weighted by Crippen LogP contribution is -2.37. The molecule has 2 unspecified atom stereocenters. The molecule has 0 spiro atoms. The molecule has 1 aromatic carbocycles. The standard InChI is InChI=1S/C32H43N5O5/c1-20-28(21(2)34-32(33-20)42-22(3)31(40)41-4)30(39)37-18-25-16-36(17-26(25)19-37)15-14-27(23-10-6-5-7-11-23)35-29(38)24-12-8-9-13-24/h5-7,10-11,22,24-27H,8-9,12-19H2,1-4H3,(H,35,38)/t22-,25?,26?,27-/m0/s1. The van der Waals surface area contributed by atoms with E-state index in [0.717, 1.165) is 57.3 Å². The second kappa shape index (κ2) is 13.2. The monoisotopic (exact) mass is 577 g/mol. The minimum Gasteiger partial charge on any atom is -0.466 e. The molecule has 3 heterocycles. The molecule has 3 fully saturated rings. The average Bonchev–Trinajstić information content (AvgIpc) is 3.72. The number of likely N-dealkylation sites (tertiary alicyclic amines) is 2. The molecule has 1 N–H and O–H groups in total. The molecule has 2 aliphatic heterocycles. The van der Waals surface area contributed by atoms with E-state index in [2.05, 4.69) is 32.3 Å². The van der Waals surface area contributed by atoms with E-state index >= 15 is 0 Å². The third-order valence-corrected chi connectivity index (χ3v) is 9.11. The summed E-state index contributed by atoms with van der Waals surface area (Å²) in [6.45, 7) is 9.31. The summed E-state index contributed by atoms with van der Waals surface area (Å²) in [6, 6.07) is 10.4. The van der Waals surface area contributed by atoms with Gasteiger partial charge in [0.05, 0.1) is 30.1 Å². The third kappa shape index (κ3) is 6.75. The largest absolute Gasteiger partial charge is 0.466 e. The van der Waals surface area contributed by atoms with E-state index in [-0.39, 0.29) is 29.8 Å². The Morgan fingerprint density at radius 1 is 0.976 bits per heavy atom. The number of fused-ring (bicyclic) bond motifs is 1. The van der Waals surface area contributed by atoms with Crippen molar-refractivity contribution in [2.45, 2.75) is 65.0 Å². The van der Waals surface area contributed by atoms with Gasteiger partial charge >= 0.3 is 12.0 Å². The van der Waals surface area contributed by atoms with Gasteiger partial charge in [0.15, 0.2) is 6.10 Å². The van der Waals surface area contributed by atoms with Gasteiger partial charge in [-0.15, -0.1) is 0 Å². The van der Waals surface area contributed by atoms with Crippen LogP contribution in [0.2, 0.25) is 0 Å². The molecule has 3 aliphatic rings. The van der Waals surface area contributed by atoms with Gasteiger partial charge in [-0.25, -0.2) is 4.79 Å². The molecule has 2 saturated heterocycles. The molecular formula is C32H43N5O5. The number of methoxy groups -OCH3 is 1. The Kier molecular flexibility index (Phi) is 9.40. The van der Waals surface area contributed by atoms with Crippen LogP contribution < -0.4 is 10.1 Å². The number of benzene rings is 1. The number of esters is 1. The molecule has 4 atom stereocenters. The fraction of sp³-hybridized carbons (Fsp3) is 0.594. The quantitative estimate of drug-likeness (QED) is 0.427. The van der Waals surface area contributed by atoms with Crippen molar-refractivity contribution in [3.8, 4) is 6.01 Å². The summed E-state index contributed by atoms with van der Waals surface area (Å²) in [5, 5.41) is 3.36. The zero-order valence-electron chi connectivity index (χ0n) is 25.2. The van der Waals surface area contributed by atoms with E-state index in [1.54, 1.807) is 20.8 Å². The molecule has 2 amide bonds. The highest BCUT2D eigenvalue weighted by atomic mass is 16.6. The number of hydrogen-bond acceptors (Lipinski definition) is 8. The van der Waals surface area contributed by atoms with Crippen LogP contribution in [0.1, 0.15) is 72.4 Å². The molecule has 10 heteroatoms. The van der Waals surface area contributed by atoms with Gasteiger partial charge in [0.1, 0.15) is 0 Å². The van der Waals surface area contributed by atoms with Crippen molar-refractivity contribution in [1.82, 2.24) is 25.1 Å². The Hall–Kier alpha value is -3.53. The fourth-order valence-electron chi connectivity index (χ4n) is 6.81. The zero-order chi connectivity index (χ0) is 29.8. The van der Waals surface area contributed by atoms with Crippen LogP contribution in [0.15, 0.2) is 30.3 Å². The van der Waals surface area contributed by atoms with E-state index in [9.17, 15) is 14.4 Å². The van der Waals surface area contributed by atoms with Crippen LogP contribution in [-0.4, -0.2) is 83.5 Å². The first kappa shape index (κ1) is 29.9. The predicted molar refractivity (Wildman–Crippen MR) is 157 cm³/mol. The number of ether oxygens (including phenoxy) is 2. The summed E-state index contributed by atoms with van der Waals surface area (Å²) in [5.74, 6) is 0.606. The molecule has 1 aromatic heterocycles. The topological polar surface area (TPSA) is 114 Å². The molecule has 226 valence electrons. The average molecular weight is 578 g/mol. The third-order valence-electron chi connectivity index (χ3n) is 9.11. The van der Waals surface area contributed by atoms with E-state index in [1.807, 2.05) is 23.1 Å². The summed E-state index contributed by atoms with van der Waals surface area (Å²) in [5.41, 5.74) is 2.72. The fourth-order valence-corrected chi connectivity index (χ4v) is 6.81. The number of rotatable bonds is 10. The van der Waals surface area contributed by atoms with Crippen molar-refractivity contribution in [2.75, 3.05) is 39.8 Å². The first-order valence-corrected chi connectivity index (χ1v) is 15.2. The summed E-state index contributed by atoms with van der Waals surface area (Å²) < 4.78 is 10.2. The van der Waals surface area contributed by atoms with Gasteiger partial charge in [-0.2, -0.15) is 9.97 Å². The molecule has 10 nitrogen and oxygen atoms in total. The molecule has 1 aliphatic carbocycles. The van der Waals surface area contributed by atoms with Gasteiger partial charge in [-0.3, -0.25) is 9.59 Å². The maximum absolute atomic E-state index is 13.6. The molecule has 0 bridgehead atoms. The molecular weight excluding hydrogens is 534 g/mol. The minimum absolute atomic E-state index is 0.00586. The Bertz CT molecular complexity index is 1240. The van der Waals surface area contributed by atoms with Crippen molar-refractivity contribution in [3.05, 3.63) is 52.8 Å². The summed E-state index contributed by atoms with van der Waals surface area (Å²) >= 11 is 0. The maximum atomic E-state index is 13.6. The van der Waals surface area contributed by atoms with Crippen molar-refractivity contribution in [3.63, 3.8) is 0 Å². The van der Waals surface area contributed by atoms with E-state index in [4.69, 9.17) is 9.47 Å². The lowest BCUT2D eigenvalue weighted by molar-refractivity contribution is -0.148. The highest BCUT2D eigenvalue weighted by Crippen LogP contribution is 2.33. The van der Waals surface area contributed by atoms with Crippen LogP contribution >= 0.6 is 0 Å². The summed E-state index contributed by atoms with van der Waals surface area (Å²) in [4.78, 5) is 51.3. The zero-order valence-corrected chi connectivity index (χ0v) is 25.2. The van der Waals surface area contributed by atoms with Crippen LogP contribution in [0.25, 0.3) is 0 Å². The van der Waals surface area contributed by atoms with Crippen molar-refractivity contribution >= 4 is 17.8 Å². The predicted octanol–water partition coefficient (Wildman–Crippen LogP) is 3.48. The van der Waals surface area contributed by atoms with Crippen molar-refractivity contribution < 1.29 is 23.9 Å². The van der Waals surface area contributed by atoms with E-state index in [1.165, 1.54) is 7.11 Å². The number of aromatic nitrogens is 2. The first-order valence-electron chi connectivity index (χ1n) is 15.2. The Balaban J connectivity index is 1.16. The van der Waals surface area contributed by atoms with Gasteiger partial charge in [-0.05, 0) is 57.4 Å². The molecule has 2 aromatic rings. The number of nitrogens with zero attached hydrogens (tertiary/aromatic N) is 4. The number of hydrogen-bond donors (Lipinski definition) is 1. The number of aryl methyl sites for hydroxylation is 2. The summed E-state index contributed by atoms with van der Waals surface area (Å²) in [7, 11) is 1.30. The van der Waals surface area contributed by atoms with Gasteiger partial charge < -0.3 is 24.6 Å².